The van der Waals surface area contributed by atoms with Crippen molar-refractivity contribution in [2.75, 3.05) is 59.1 Å². The Labute approximate surface area is 177 Å². The second kappa shape index (κ2) is 13.1. The summed E-state index contributed by atoms with van der Waals surface area (Å²) in [4.78, 5) is 9.89. The van der Waals surface area contributed by atoms with E-state index in [2.05, 4.69) is 42.8 Å². The number of ether oxygens (including phenoxy) is 2. The predicted molar refractivity (Wildman–Crippen MR) is 119 cm³/mol. The molecule has 2 rings (SSSR count). The van der Waals surface area contributed by atoms with Gasteiger partial charge in [-0.3, -0.25) is 9.89 Å². The van der Waals surface area contributed by atoms with E-state index in [1.54, 1.807) is 0 Å². The van der Waals surface area contributed by atoms with Crippen molar-refractivity contribution in [1.29, 1.82) is 0 Å². The quantitative estimate of drug-likeness (QED) is 0.327. The van der Waals surface area contributed by atoms with Crippen molar-refractivity contribution in [3.05, 3.63) is 0 Å². The Morgan fingerprint density at radius 2 is 1.96 bits per heavy atom. The van der Waals surface area contributed by atoms with Crippen LogP contribution in [0.3, 0.4) is 0 Å². The second-order valence-electron chi connectivity index (χ2n) is 7.30. The molecule has 2 heterocycles. The van der Waals surface area contributed by atoms with Crippen LogP contribution in [0.2, 0.25) is 0 Å². The predicted octanol–water partition coefficient (Wildman–Crippen LogP) is 2.43. The fourth-order valence-electron chi connectivity index (χ4n) is 3.72. The van der Waals surface area contributed by atoms with Gasteiger partial charge in [-0.15, -0.1) is 24.0 Å². The van der Waals surface area contributed by atoms with E-state index >= 15 is 0 Å². The van der Waals surface area contributed by atoms with Gasteiger partial charge in [-0.05, 0) is 32.6 Å². The van der Waals surface area contributed by atoms with Crippen LogP contribution < -0.4 is 5.32 Å². The molecule has 6 nitrogen and oxygen atoms in total. The number of nitrogens with zero attached hydrogens (tertiary/aromatic N) is 3. The van der Waals surface area contributed by atoms with Gasteiger partial charge in [0.2, 0.25) is 0 Å². The Bertz CT molecular complexity index is 403. The van der Waals surface area contributed by atoms with Gasteiger partial charge in [-0.2, -0.15) is 0 Å². The molecule has 0 spiro atoms. The molecule has 0 amide bonds. The van der Waals surface area contributed by atoms with Gasteiger partial charge in [0.25, 0.3) is 0 Å². The summed E-state index contributed by atoms with van der Waals surface area (Å²) in [6.07, 6.45) is 2.51. The van der Waals surface area contributed by atoms with Gasteiger partial charge < -0.3 is 19.7 Å². The second-order valence-corrected chi connectivity index (χ2v) is 7.30. The highest BCUT2D eigenvalue weighted by Gasteiger charge is 2.30. The Kier molecular flexibility index (Phi) is 12.1. The summed E-state index contributed by atoms with van der Waals surface area (Å²) in [6, 6.07) is 0.639. The third-order valence-corrected chi connectivity index (χ3v) is 5.16. The van der Waals surface area contributed by atoms with Crippen LogP contribution in [0, 0.1) is 5.92 Å². The van der Waals surface area contributed by atoms with E-state index in [1.165, 1.54) is 6.42 Å². The van der Waals surface area contributed by atoms with E-state index in [0.717, 1.165) is 71.5 Å². The molecular weight excluding hydrogens is 443 g/mol. The average molecular weight is 482 g/mol. The molecule has 2 fully saturated rings. The Balaban J connectivity index is 0.00000338. The SMILES string of the molecule is CCNC(=NCCC(OCC)C(C)C)N1CCC(N2CCOCC2)C1.I. The normalized spacial score (nSPS) is 23.2. The molecule has 2 aliphatic heterocycles. The first-order chi connectivity index (χ1) is 12.2. The molecule has 2 aliphatic rings. The molecule has 0 aromatic heterocycles. The fraction of sp³-hybridized carbons (Fsp3) is 0.947. The van der Waals surface area contributed by atoms with Gasteiger partial charge in [-0.1, -0.05) is 13.8 Å². The van der Waals surface area contributed by atoms with E-state index in [0.29, 0.717) is 18.1 Å². The first-order valence-electron chi connectivity index (χ1n) is 10.1. The van der Waals surface area contributed by atoms with Crippen LogP contribution in [0.4, 0.5) is 0 Å². The smallest absolute Gasteiger partial charge is 0.193 e. The highest BCUT2D eigenvalue weighted by Crippen LogP contribution is 2.17. The number of morpholine rings is 1. The number of likely N-dealkylation sites (tertiary alicyclic amines) is 1. The van der Waals surface area contributed by atoms with Gasteiger partial charge in [0.1, 0.15) is 0 Å². The molecule has 7 heteroatoms. The van der Waals surface area contributed by atoms with Crippen LogP contribution in [-0.2, 0) is 9.47 Å². The van der Waals surface area contributed by atoms with E-state index in [-0.39, 0.29) is 24.0 Å². The van der Waals surface area contributed by atoms with Gasteiger partial charge in [0.05, 0.1) is 19.3 Å². The van der Waals surface area contributed by atoms with Gasteiger partial charge in [0, 0.05) is 51.9 Å². The van der Waals surface area contributed by atoms with Gasteiger partial charge in [-0.25, -0.2) is 0 Å². The Morgan fingerprint density at radius 1 is 1.23 bits per heavy atom. The van der Waals surface area contributed by atoms with E-state index in [1.807, 2.05) is 0 Å². The lowest BCUT2D eigenvalue weighted by Gasteiger charge is -2.32. The summed E-state index contributed by atoms with van der Waals surface area (Å²) in [5.41, 5.74) is 0. The molecule has 0 aromatic carbocycles. The maximum absolute atomic E-state index is 5.85. The van der Waals surface area contributed by atoms with Crippen molar-refractivity contribution in [2.24, 2.45) is 10.9 Å². The number of nitrogens with one attached hydrogen (secondary N) is 1. The molecule has 1 N–H and O–H groups in total. The van der Waals surface area contributed by atoms with Crippen molar-refractivity contribution < 1.29 is 9.47 Å². The summed E-state index contributed by atoms with van der Waals surface area (Å²) in [5, 5.41) is 3.47. The summed E-state index contributed by atoms with van der Waals surface area (Å²) in [6.45, 7) is 17.2. The largest absolute Gasteiger partial charge is 0.379 e. The molecule has 0 bridgehead atoms. The molecular formula is C19H39IN4O2. The summed E-state index contributed by atoms with van der Waals surface area (Å²) < 4.78 is 11.3. The molecule has 0 radical (unpaired) electrons. The first kappa shape index (κ1) is 23.9. The van der Waals surface area contributed by atoms with Crippen molar-refractivity contribution in [3.63, 3.8) is 0 Å². The van der Waals surface area contributed by atoms with Crippen molar-refractivity contribution in [2.45, 2.75) is 52.7 Å². The third kappa shape index (κ3) is 7.48. The molecule has 2 atom stereocenters. The zero-order valence-electron chi connectivity index (χ0n) is 17.1. The van der Waals surface area contributed by atoms with Crippen LogP contribution in [0.1, 0.15) is 40.5 Å². The summed E-state index contributed by atoms with van der Waals surface area (Å²) in [7, 11) is 0. The lowest BCUT2D eigenvalue weighted by Crippen LogP contribution is -2.46. The van der Waals surface area contributed by atoms with Crippen molar-refractivity contribution in [3.8, 4) is 0 Å². The number of halogens is 1. The summed E-state index contributed by atoms with van der Waals surface area (Å²) in [5.74, 6) is 1.60. The molecule has 2 unspecified atom stereocenters. The maximum atomic E-state index is 5.85. The molecule has 0 aliphatic carbocycles. The topological polar surface area (TPSA) is 49.3 Å². The lowest BCUT2D eigenvalue weighted by molar-refractivity contribution is 0.0194. The number of guanidine groups is 1. The average Bonchev–Trinajstić information content (AvgIpc) is 3.10. The van der Waals surface area contributed by atoms with E-state index in [4.69, 9.17) is 14.5 Å². The molecule has 0 aromatic rings. The van der Waals surface area contributed by atoms with Crippen LogP contribution in [0.25, 0.3) is 0 Å². The fourth-order valence-corrected chi connectivity index (χ4v) is 3.72. The van der Waals surface area contributed by atoms with Crippen LogP contribution >= 0.6 is 24.0 Å². The highest BCUT2D eigenvalue weighted by molar-refractivity contribution is 14.0. The summed E-state index contributed by atoms with van der Waals surface area (Å²) >= 11 is 0. The monoisotopic (exact) mass is 482 g/mol. The van der Waals surface area contributed by atoms with E-state index < -0.39 is 0 Å². The first-order valence-corrected chi connectivity index (χ1v) is 10.1. The number of hydrogen-bond acceptors (Lipinski definition) is 4. The minimum Gasteiger partial charge on any atom is -0.379 e. The van der Waals surface area contributed by atoms with Crippen LogP contribution in [-0.4, -0.2) is 87.0 Å². The lowest BCUT2D eigenvalue weighted by atomic mass is 10.0. The zero-order chi connectivity index (χ0) is 18.1. The van der Waals surface area contributed by atoms with Crippen molar-refractivity contribution >= 4 is 29.9 Å². The van der Waals surface area contributed by atoms with Gasteiger partial charge >= 0.3 is 0 Å². The zero-order valence-corrected chi connectivity index (χ0v) is 19.4. The third-order valence-electron chi connectivity index (χ3n) is 5.16. The minimum atomic E-state index is 0. The Hall–Kier alpha value is -0.120. The van der Waals surface area contributed by atoms with E-state index in [9.17, 15) is 0 Å². The molecule has 2 saturated heterocycles. The Morgan fingerprint density at radius 3 is 2.58 bits per heavy atom. The maximum Gasteiger partial charge on any atom is 0.193 e. The number of rotatable bonds is 8. The number of aliphatic imine (C=N–C) groups is 1. The van der Waals surface area contributed by atoms with Gasteiger partial charge in [0.15, 0.2) is 5.96 Å². The number of hydrogen-bond donors (Lipinski definition) is 1. The minimum absolute atomic E-state index is 0. The van der Waals surface area contributed by atoms with Crippen LogP contribution in [0.15, 0.2) is 4.99 Å². The molecule has 0 saturated carbocycles. The molecule has 26 heavy (non-hydrogen) atoms. The molecule has 154 valence electrons. The van der Waals surface area contributed by atoms with Crippen molar-refractivity contribution in [1.82, 2.24) is 15.1 Å². The van der Waals surface area contributed by atoms with Crippen LogP contribution in [0.5, 0.6) is 0 Å². The highest BCUT2D eigenvalue weighted by atomic mass is 127. The standard InChI is InChI=1S/C19H38N4O2.HI/c1-5-20-19(21-9-7-18(16(3)4)25-6-2)23-10-8-17(15-23)22-11-13-24-14-12-22;/h16-18H,5-15H2,1-4H3,(H,20,21);1H.